The Labute approximate surface area is 182 Å². The molecule has 168 valence electrons. The first-order valence-electron chi connectivity index (χ1n) is 9.61. The van der Waals surface area contributed by atoms with Gasteiger partial charge in [0.2, 0.25) is 10.0 Å². The maximum atomic E-state index is 12.7. The van der Waals surface area contributed by atoms with Crippen molar-refractivity contribution < 1.29 is 26.4 Å². The first kappa shape index (κ1) is 23.0. The summed E-state index contributed by atoms with van der Waals surface area (Å²) < 4.78 is 57.5. The highest BCUT2D eigenvalue weighted by Gasteiger charge is 2.26. The van der Waals surface area contributed by atoms with Crippen LogP contribution in [0.25, 0.3) is 0 Å². The summed E-state index contributed by atoms with van der Waals surface area (Å²) in [6.45, 7) is 0.675. The van der Waals surface area contributed by atoms with Gasteiger partial charge in [-0.25, -0.2) is 21.1 Å². The molecule has 31 heavy (non-hydrogen) atoms. The molecule has 1 saturated heterocycles. The van der Waals surface area contributed by atoms with Crippen molar-refractivity contribution in [2.24, 2.45) is 0 Å². The molecule has 0 radical (unpaired) electrons. The lowest BCUT2D eigenvalue weighted by Crippen LogP contribution is -2.46. The van der Waals surface area contributed by atoms with E-state index in [1.54, 1.807) is 24.3 Å². The van der Waals surface area contributed by atoms with Crippen LogP contribution in [0.1, 0.15) is 23.2 Å². The number of ether oxygens (including phenoxy) is 1. The summed E-state index contributed by atoms with van der Waals surface area (Å²) in [5.41, 5.74) is 0.580. The van der Waals surface area contributed by atoms with Gasteiger partial charge in [-0.05, 0) is 55.3 Å². The Morgan fingerprint density at radius 1 is 1.03 bits per heavy atom. The van der Waals surface area contributed by atoms with E-state index < -0.39 is 26.0 Å². The first-order chi connectivity index (χ1) is 14.6. The Morgan fingerprint density at radius 2 is 1.68 bits per heavy atom. The van der Waals surface area contributed by atoms with Crippen molar-refractivity contribution in [3.8, 4) is 5.75 Å². The van der Waals surface area contributed by atoms with E-state index in [1.165, 1.54) is 35.7 Å². The fraction of sp³-hybridized carbons (Fsp3) is 0.350. The molecule has 1 fully saturated rings. The van der Waals surface area contributed by atoms with Gasteiger partial charge in [0.05, 0.1) is 18.3 Å². The Bertz CT molecular complexity index is 1140. The van der Waals surface area contributed by atoms with Gasteiger partial charge in [-0.15, -0.1) is 0 Å². The lowest BCUT2D eigenvalue weighted by atomic mass is 10.1. The number of benzene rings is 2. The van der Waals surface area contributed by atoms with Gasteiger partial charge in [-0.1, -0.05) is 6.07 Å². The molecule has 2 aromatic carbocycles. The van der Waals surface area contributed by atoms with Crippen LogP contribution in [0.2, 0.25) is 0 Å². The topological polar surface area (TPSA) is 122 Å². The average molecular weight is 468 g/mol. The van der Waals surface area contributed by atoms with Crippen molar-refractivity contribution in [2.45, 2.75) is 23.8 Å². The minimum atomic E-state index is -3.89. The largest absolute Gasteiger partial charge is 0.497 e. The number of amides is 1. The van der Waals surface area contributed by atoms with Crippen molar-refractivity contribution in [3.63, 3.8) is 0 Å². The number of carbonyl (C=O) groups is 1. The van der Waals surface area contributed by atoms with E-state index in [0.717, 1.165) is 6.26 Å². The second-order valence-corrected chi connectivity index (χ2v) is 10.9. The van der Waals surface area contributed by atoms with E-state index in [2.05, 4.69) is 10.0 Å². The molecular formula is C20H25N3O6S2. The molecule has 3 rings (SSSR count). The van der Waals surface area contributed by atoms with Gasteiger partial charge in [0.1, 0.15) is 5.75 Å². The molecule has 0 aliphatic carbocycles. The molecule has 0 atom stereocenters. The van der Waals surface area contributed by atoms with Gasteiger partial charge in [0, 0.05) is 30.4 Å². The summed E-state index contributed by atoms with van der Waals surface area (Å²) in [7, 11) is -5.61. The van der Waals surface area contributed by atoms with E-state index in [0.29, 0.717) is 37.4 Å². The number of carbonyl (C=O) groups excluding carboxylic acids is 1. The number of anilines is 1. The minimum absolute atomic E-state index is 0.0390. The second kappa shape index (κ2) is 9.25. The summed E-state index contributed by atoms with van der Waals surface area (Å²) in [5, 5.41) is 2.86. The van der Waals surface area contributed by atoms with E-state index in [-0.39, 0.29) is 16.5 Å². The summed E-state index contributed by atoms with van der Waals surface area (Å²) in [4.78, 5) is 12.6. The van der Waals surface area contributed by atoms with Crippen LogP contribution in [-0.4, -0.2) is 59.5 Å². The van der Waals surface area contributed by atoms with Crippen LogP contribution in [0.5, 0.6) is 5.75 Å². The first-order valence-corrected chi connectivity index (χ1v) is 12.9. The molecule has 0 bridgehead atoms. The smallest absolute Gasteiger partial charge is 0.261 e. The monoisotopic (exact) mass is 467 g/mol. The average Bonchev–Trinajstić information content (AvgIpc) is 2.74. The summed E-state index contributed by atoms with van der Waals surface area (Å²) >= 11 is 0. The minimum Gasteiger partial charge on any atom is -0.497 e. The van der Waals surface area contributed by atoms with Gasteiger partial charge >= 0.3 is 0 Å². The lowest BCUT2D eigenvalue weighted by Gasteiger charge is -2.30. The third kappa shape index (κ3) is 5.96. The van der Waals surface area contributed by atoms with Crippen molar-refractivity contribution in [2.75, 3.05) is 31.2 Å². The Kier molecular flexibility index (Phi) is 6.87. The standard InChI is InChI=1S/C20H25N3O6S2/c1-29-18-8-6-17(7-9-18)22-31(27,28)19-5-3-4-15(14-19)20(24)21-16-10-12-23(13-11-16)30(2,25)26/h3-9,14,16,22H,10-13H2,1-2H3,(H,21,24). The van der Waals surface area contributed by atoms with Crippen LogP contribution in [0, 0.1) is 0 Å². The third-order valence-corrected chi connectivity index (χ3v) is 7.69. The van der Waals surface area contributed by atoms with Gasteiger partial charge in [0.15, 0.2) is 0 Å². The maximum Gasteiger partial charge on any atom is 0.261 e. The van der Waals surface area contributed by atoms with E-state index >= 15 is 0 Å². The number of nitrogens with one attached hydrogen (secondary N) is 2. The fourth-order valence-corrected chi connectivity index (χ4v) is 5.26. The van der Waals surface area contributed by atoms with Crippen LogP contribution in [0.3, 0.4) is 0 Å². The summed E-state index contributed by atoms with van der Waals surface area (Å²) in [5.74, 6) is 0.197. The number of piperidine rings is 1. The molecule has 0 unspecified atom stereocenters. The zero-order valence-corrected chi connectivity index (χ0v) is 18.9. The van der Waals surface area contributed by atoms with Crippen molar-refractivity contribution in [1.82, 2.24) is 9.62 Å². The molecule has 2 N–H and O–H groups in total. The quantitative estimate of drug-likeness (QED) is 0.639. The highest BCUT2D eigenvalue weighted by Crippen LogP contribution is 2.20. The zero-order valence-electron chi connectivity index (χ0n) is 17.2. The molecular weight excluding hydrogens is 442 g/mol. The molecule has 1 aliphatic heterocycles. The molecule has 1 aliphatic rings. The number of hydrogen-bond acceptors (Lipinski definition) is 6. The van der Waals surface area contributed by atoms with E-state index in [4.69, 9.17) is 4.74 Å². The van der Waals surface area contributed by atoms with E-state index in [9.17, 15) is 21.6 Å². The molecule has 9 nitrogen and oxygen atoms in total. The maximum absolute atomic E-state index is 12.7. The van der Waals surface area contributed by atoms with Gasteiger partial charge < -0.3 is 10.1 Å². The van der Waals surface area contributed by atoms with Gasteiger partial charge in [-0.2, -0.15) is 0 Å². The predicted octanol–water partition coefficient (Wildman–Crippen LogP) is 1.65. The van der Waals surface area contributed by atoms with Crippen LogP contribution >= 0.6 is 0 Å². The van der Waals surface area contributed by atoms with Crippen LogP contribution < -0.4 is 14.8 Å². The van der Waals surface area contributed by atoms with Crippen LogP contribution in [-0.2, 0) is 20.0 Å². The summed E-state index contributed by atoms with van der Waals surface area (Å²) in [6.07, 6.45) is 2.16. The number of rotatable bonds is 7. The second-order valence-electron chi connectivity index (χ2n) is 7.27. The van der Waals surface area contributed by atoms with Crippen molar-refractivity contribution in [3.05, 3.63) is 54.1 Å². The normalized spacial score (nSPS) is 15.9. The molecule has 11 heteroatoms. The van der Waals surface area contributed by atoms with Crippen LogP contribution in [0.4, 0.5) is 5.69 Å². The highest BCUT2D eigenvalue weighted by atomic mass is 32.2. The van der Waals surface area contributed by atoms with Crippen LogP contribution in [0.15, 0.2) is 53.4 Å². The Morgan fingerprint density at radius 3 is 2.26 bits per heavy atom. The number of hydrogen-bond donors (Lipinski definition) is 2. The SMILES string of the molecule is COc1ccc(NS(=O)(=O)c2cccc(C(=O)NC3CCN(S(C)(=O)=O)CC3)c2)cc1. The van der Waals surface area contributed by atoms with Gasteiger partial charge in [0.25, 0.3) is 15.9 Å². The third-order valence-electron chi connectivity index (χ3n) is 5.01. The van der Waals surface area contributed by atoms with Gasteiger partial charge in [-0.3, -0.25) is 9.52 Å². The van der Waals surface area contributed by atoms with Crippen molar-refractivity contribution >= 4 is 31.6 Å². The highest BCUT2D eigenvalue weighted by molar-refractivity contribution is 7.92. The number of methoxy groups -OCH3 is 1. The zero-order chi connectivity index (χ0) is 22.6. The lowest BCUT2D eigenvalue weighted by molar-refractivity contribution is 0.0923. The molecule has 0 saturated carbocycles. The number of nitrogens with zero attached hydrogens (tertiary/aromatic N) is 1. The molecule has 0 aromatic heterocycles. The Hall–Kier alpha value is -2.63. The van der Waals surface area contributed by atoms with E-state index in [1.807, 2.05) is 0 Å². The summed E-state index contributed by atoms with van der Waals surface area (Å²) in [6, 6.07) is 12.0. The van der Waals surface area contributed by atoms with Crippen molar-refractivity contribution in [1.29, 1.82) is 0 Å². The Balaban J connectivity index is 1.67. The molecule has 1 amide bonds. The molecule has 2 aromatic rings. The fourth-order valence-electron chi connectivity index (χ4n) is 3.28. The molecule has 0 spiro atoms. The number of sulfonamides is 2. The predicted molar refractivity (Wildman–Crippen MR) is 117 cm³/mol. The molecule has 1 heterocycles.